The van der Waals surface area contributed by atoms with E-state index in [1.807, 2.05) is 12.3 Å². The van der Waals surface area contributed by atoms with Gasteiger partial charge in [-0.05, 0) is 25.3 Å². The van der Waals surface area contributed by atoms with Gasteiger partial charge in [0.2, 0.25) is 5.91 Å². The number of halogens is 2. The van der Waals surface area contributed by atoms with Crippen molar-refractivity contribution in [2.45, 2.75) is 37.8 Å². The van der Waals surface area contributed by atoms with Crippen molar-refractivity contribution in [3.8, 4) is 0 Å². The largest absolute Gasteiger partial charge is 0.354 e. The summed E-state index contributed by atoms with van der Waals surface area (Å²) < 4.78 is 1.75. The first kappa shape index (κ1) is 17.2. The van der Waals surface area contributed by atoms with Crippen molar-refractivity contribution in [1.29, 1.82) is 0 Å². The van der Waals surface area contributed by atoms with E-state index in [4.69, 9.17) is 5.73 Å². The van der Waals surface area contributed by atoms with E-state index < -0.39 is 0 Å². The van der Waals surface area contributed by atoms with Crippen LogP contribution in [-0.4, -0.2) is 27.8 Å². The predicted octanol–water partition coefficient (Wildman–Crippen LogP) is 1.11. The Kier molecular flexibility index (Phi) is 7.28. The minimum Gasteiger partial charge on any atom is -0.354 e. The lowest BCUT2D eigenvalue weighted by molar-refractivity contribution is -0.121. The highest BCUT2D eigenvalue weighted by atomic mass is 35.5. The van der Waals surface area contributed by atoms with Gasteiger partial charge in [-0.2, -0.15) is 5.10 Å². The van der Waals surface area contributed by atoms with Crippen molar-refractivity contribution in [1.82, 2.24) is 15.1 Å². The molecule has 2 rings (SSSR count). The quantitative estimate of drug-likeness (QED) is 0.855. The van der Waals surface area contributed by atoms with Crippen LogP contribution in [-0.2, 0) is 11.3 Å². The van der Waals surface area contributed by atoms with Gasteiger partial charge in [-0.25, -0.2) is 0 Å². The van der Waals surface area contributed by atoms with Crippen molar-refractivity contribution in [3.63, 3.8) is 0 Å². The number of hydrogen-bond acceptors (Lipinski definition) is 3. The van der Waals surface area contributed by atoms with Crippen LogP contribution in [0.15, 0.2) is 18.5 Å². The van der Waals surface area contributed by atoms with Gasteiger partial charge in [0, 0.05) is 37.4 Å². The summed E-state index contributed by atoms with van der Waals surface area (Å²) in [5.74, 6) is 0.0484. The summed E-state index contributed by atoms with van der Waals surface area (Å²) in [5, 5.41) is 6.92. The summed E-state index contributed by atoms with van der Waals surface area (Å²) in [4.78, 5) is 11.5. The van der Waals surface area contributed by atoms with Crippen LogP contribution in [0.25, 0.3) is 0 Å². The molecule has 0 bridgehead atoms. The molecule has 18 heavy (non-hydrogen) atoms. The number of aromatic nitrogens is 2. The van der Waals surface area contributed by atoms with Gasteiger partial charge in [-0.1, -0.05) is 0 Å². The van der Waals surface area contributed by atoms with Crippen LogP contribution in [0.3, 0.4) is 0 Å². The van der Waals surface area contributed by atoms with Crippen molar-refractivity contribution in [3.05, 3.63) is 18.5 Å². The lowest BCUT2D eigenvalue weighted by Gasteiger charge is -2.38. The molecule has 5 nitrogen and oxygen atoms in total. The normalized spacial score (nSPS) is 15.8. The van der Waals surface area contributed by atoms with Gasteiger partial charge in [0.25, 0.3) is 0 Å². The molecule has 0 atom stereocenters. The Bertz CT molecular complexity index is 352. The second-order valence-corrected chi connectivity index (χ2v) is 4.51. The number of amides is 1. The van der Waals surface area contributed by atoms with Crippen molar-refractivity contribution in [2.75, 3.05) is 6.54 Å². The van der Waals surface area contributed by atoms with Crippen LogP contribution >= 0.6 is 24.8 Å². The van der Waals surface area contributed by atoms with Crippen LogP contribution in [0.2, 0.25) is 0 Å². The molecule has 0 radical (unpaired) electrons. The summed E-state index contributed by atoms with van der Waals surface area (Å²) in [6, 6.07) is 1.85. The van der Waals surface area contributed by atoms with E-state index in [2.05, 4.69) is 10.4 Å². The standard InChI is InChI=1S/C11H18N4O.2ClH/c12-11(4-1-5-11)9-13-10(16)3-8-15-7-2-6-14-15;;/h2,6-7H,1,3-5,8-9,12H2,(H,13,16);2*1H. The fourth-order valence-corrected chi connectivity index (χ4v) is 1.82. The zero-order valence-electron chi connectivity index (χ0n) is 10.2. The van der Waals surface area contributed by atoms with Gasteiger partial charge in [0.1, 0.15) is 0 Å². The number of carbonyl (C=O) groups excluding carboxylic acids is 1. The number of hydrogen-bond donors (Lipinski definition) is 2. The average Bonchev–Trinajstić information content (AvgIpc) is 2.73. The van der Waals surface area contributed by atoms with E-state index in [1.54, 1.807) is 10.9 Å². The third-order valence-electron chi connectivity index (χ3n) is 3.11. The summed E-state index contributed by atoms with van der Waals surface area (Å²) >= 11 is 0. The highest BCUT2D eigenvalue weighted by molar-refractivity contribution is 5.85. The lowest BCUT2D eigenvalue weighted by atomic mass is 9.78. The second kappa shape index (κ2) is 7.61. The van der Waals surface area contributed by atoms with Gasteiger partial charge in [0.05, 0.1) is 0 Å². The maximum absolute atomic E-state index is 11.5. The van der Waals surface area contributed by atoms with Crippen LogP contribution in [0.4, 0.5) is 0 Å². The molecule has 1 aliphatic rings. The van der Waals surface area contributed by atoms with Crippen LogP contribution < -0.4 is 11.1 Å². The first-order valence-corrected chi connectivity index (χ1v) is 5.71. The number of nitrogens with one attached hydrogen (secondary N) is 1. The number of carbonyl (C=O) groups is 1. The van der Waals surface area contributed by atoms with Crippen molar-refractivity contribution < 1.29 is 4.79 Å². The lowest BCUT2D eigenvalue weighted by Crippen LogP contribution is -2.55. The molecule has 0 unspecified atom stereocenters. The maximum atomic E-state index is 11.5. The highest BCUT2D eigenvalue weighted by Gasteiger charge is 2.32. The van der Waals surface area contributed by atoms with Gasteiger partial charge in [-0.15, -0.1) is 24.8 Å². The minimum absolute atomic E-state index is 0. The second-order valence-electron chi connectivity index (χ2n) is 4.51. The fraction of sp³-hybridized carbons (Fsp3) is 0.636. The Balaban J connectivity index is 0.00000144. The zero-order valence-corrected chi connectivity index (χ0v) is 11.8. The van der Waals surface area contributed by atoms with E-state index in [0.29, 0.717) is 19.5 Å². The van der Waals surface area contributed by atoms with E-state index in [1.165, 1.54) is 6.42 Å². The summed E-state index contributed by atoms with van der Waals surface area (Å²) in [6.45, 7) is 1.22. The Morgan fingerprint density at radius 3 is 2.67 bits per heavy atom. The third-order valence-corrected chi connectivity index (χ3v) is 3.11. The van der Waals surface area contributed by atoms with E-state index in [9.17, 15) is 4.79 Å². The van der Waals surface area contributed by atoms with Crippen LogP contribution in [0.5, 0.6) is 0 Å². The summed E-state index contributed by atoms with van der Waals surface area (Å²) in [6.07, 6.45) is 7.24. The molecule has 1 aliphatic carbocycles. The smallest absolute Gasteiger partial charge is 0.221 e. The van der Waals surface area contributed by atoms with E-state index >= 15 is 0 Å². The number of nitrogens with two attached hydrogens (primary N) is 1. The molecule has 0 aliphatic heterocycles. The van der Waals surface area contributed by atoms with Gasteiger partial charge in [0.15, 0.2) is 0 Å². The summed E-state index contributed by atoms with van der Waals surface area (Å²) in [5.41, 5.74) is 5.87. The Labute approximate surface area is 119 Å². The Hall–Kier alpha value is -0.780. The first-order chi connectivity index (χ1) is 7.68. The fourth-order valence-electron chi connectivity index (χ4n) is 1.82. The minimum atomic E-state index is -0.138. The maximum Gasteiger partial charge on any atom is 0.221 e. The van der Waals surface area contributed by atoms with Crippen molar-refractivity contribution in [2.24, 2.45) is 5.73 Å². The molecule has 0 saturated heterocycles. The molecule has 7 heteroatoms. The first-order valence-electron chi connectivity index (χ1n) is 5.71. The molecule has 1 aromatic heterocycles. The molecule has 0 spiro atoms. The van der Waals surface area contributed by atoms with Gasteiger partial charge in [-0.3, -0.25) is 9.48 Å². The number of aryl methyl sites for hydroxylation is 1. The molecule has 1 heterocycles. The third kappa shape index (κ3) is 4.84. The molecular weight excluding hydrogens is 275 g/mol. The van der Waals surface area contributed by atoms with Gasteiger partial charge < -0.3 is 11.1 Å². The molecule has 1 aromatic rings. The highest BCUT2D eigenvalue weighted by Crippen LogP contribution is 2.27. The zero-order chi connectivity index (χ0) is 11.4. The topological polar surface area (TPSA) is 72.9 Å². The molecule has 3 N–H and O–H groups in total. The van der Waals surface area contributed by atoms with E-state index in [0.717, 1.165) is 12.8 Å². The number of nitrogens with zero attached hydrogens (tertiary/aromatic N) is 2. The van der Waals surface area contributed by atoms with Crippen LogP contribution in [0.1, 0.15) is 25.7 Å². The van der Waals surface area contributed by atoms with Crippen LogP contribution in [0, 0.1) is 0 Å². The Morgan fingerprint density at radius 1 is 1.44 bits per heavy atom. The predicted molar refractivity (Wildman–Crippen MR) is 75.1 cm³/mol. The molecule has 104 valence electrons. The van der Waals surface area contributed by atoms with Gasteiger partial charge >= 0.3 is 0 Å². The number of rotatable bonds is 5. The summed E-state index contributed by atoms with van der Waals surface area (Å²) in [7, 11) is 0. The Morgan fingerprint density at radius 2 is 2.17 bits per heavy atom. The molecular formula is C11H20Cl2N4O. The molecule has 0 aromatic carbocycles. The average molecular weight is 295 g/mol. The molecule has 1 saturated carbocycles. The SMILES string of the molecule is Cl.Cl.NC1(CNC(=O)CCn2cccn2)CCC1. The van der Waals surface area contributed by atoms with Crippen molar-refractivity contribution >= 4 is 30.7 Å². The molecule has 1 fully saturated rings. The molecule has 1 amide bonds. The monoisotopic (exact) mass is 294 g/mol. The van der Waals surface area contributed by atoms with E-state index in [-0.39, 0.29) is 36.3 Å².